The standard InChI is InChI=1S/C13H28O3/c1-5-9-13(14-10-6-2,15-11-7-3)16-12-8-4/h5-12H2,1-4H3. The summed E-state index contributed by atoms with van der Waals surface area (Å²) in [5.41, 5.74) is 0. The summed E-state index contributed by atoms with van der Waals surface area (Å²) < 4.78 is 17.3. The monoisotopic (exact) mass is 232 g/mol. The fraction of sp³-hybridized carbons (Fsp3) is 1.00. The molecular weight excluding hydrogens is 204 g/mol. The molecule has 0 N–H and O–H groups in total. The topological polar surface area (TPSA) is 27.7 Å². The zero-order valence-electron chi connectivity index (χ0n) is 11.4. The van der Waals surface area contributed by atoms with Crippen molar-refractivity contribution >= 4 is 0 Å². The Labute approximate surface area is 100 Å². The molecule has 0 aliphatic rings. The Balaban J connectivity index is 4.32. The van der Waals surface area contributed by atoms with Crippen molar-refractivity contribution in [1.82, 2.24) is 0 Å². The second-order valence-corrected chi connectivity index (χ2v) is 3.98. The van der Waals surface area contributed by atoms with Crippen molar-refractivity contribution in [2.24, 2.45) is 0 Å². The van der Waals surface area contributed by atoms with Gasteiger partial charge in [0, 0.05) is 6.42 Å². The van der Waals surface area contributed by atoms with Crippen LogP contribution in [0.1, 0.15) is 59.8 Å². The van der Waals surface area contributed by atoms with Crippen LogP contribution in [0.5, 0.6) is 0 Å². The number of ether oxygens (including phenoxy) is 3. The summed E-state index contributed by atoms with van der Waals surface area (Å²) in [5.74, 6) is -0.795. The van der Waals surface area contributed by atoms with Crippen molar-refractivity contribution in [3.05, 3.63) is 0 Å². The van der Waals surface area contributed by atoms with E-state index in [2.05, 4.69) is 27.7 Å². The SMILES string of the molecule is CCCOC(CCC)(OCCC)OCCC. The Morgan fingerprint density at radius 1 is 0.625 bits per heavy atom. The fourth-order valence-corrected chi connectivity index (χ4v) is 1.42. The normalized spacial score (nSPS) is 12.0. The van der Waals surface area contributed by atoms with Gasteiger partial charge >= 0.3 is 0 Å². The van der Waals surface area contributed by atoms with Crippen LogP contribution in [-0.4, -0.2) is 25.8 Å². The van der Waals surface area contributed by atoms with Crippen LogP contribution < -0.4 is 0 Å². The van der Waals surface area contributed by atoms with Crippen LogP contribution in [0.15, 0.2) is 0 Å². The molecule has 0 spiro atoms. The molecule has 0 aliphatic heterocycles. The van der Waals surface area contributed by atoms with Gasteiger partial charge in [0.05, 0.1) is 19.8 Å². The van der Waals surface area contributed by atoms with Gasteiger partial charge in [-0.15, -0.1) is 0 Å². The zero-order chi connectivity index (χ0) is 12.3. The molecule has 0 heterocycles. The molecule has 0 amide bonds. The maximum absolute atomic E-state index is 5.78. The van der Waals surface area contributed by atoms with Gasteiger partial charge in [-0.25, -0.2) is 0 Å². The fourth-order valence-electron chi connectivity index (χ4n) is 1.42. The van der Waals surface area contributed by atoms with Gasteiger partial charge in [-0.2, -0.15) is 0 Å². The van der Waals surface area contributed by atoms with Crippen molar-refractivity contribution in [2.75, 3.05) is 19.8 Å². The molecule has 0 aromatic rings. The third-order valence-electron chi connectivity index (χ3n) is 2.13. The lowest BCUT2D eigenvalue weighted by Crippen LogP contribution is -2.40. The maximum atomic E-state index is 5.78. The molecule has 0 atom stereocenters. The molecule has 0 radical (unpaired) electrons. The molecule has 3 nitrogen and oxygen atoms in total. The zero-order valence-corrected chi connectivity index (χ0v) is 11.4. The summed E-state index contributed by atoms with van der Waals surface area (Å²) in [6.07, 6.45) is 4.74. The first-order chi connectivity index (χ1) is 7.74. The average molecular weight is 232 g/mol. The predicted octanol–water partition coefficient (Wildman–Crippen LogP) is 3.72. The lowest BCUT2D eigenvalue weighted by molar-refractivity contribution is -0.383. The van der Waals surface area contributed by atoms with Gasteiger partial charge in [0.25, 0.3) is 5.97 Å². The summed E-state index contributed by atoms with van der Waals surface area (Å²) >= 11 is 0. The molecule has 16 heavy (non-hydrogen) atoms. The summed E-state index contributed by atoms with van der Waals surface area (Å²) in [4.78, 5) is 0. The van der Waals surface area contributed by atoms with E-state index in [1.165, 1.54) is 0 Å². The number of rotatable bonds is 11. The quantitative estimate of drug-likeness (QED) is 0.508. The highest BCUT2D eigenvalue weighted by atomic mass is 16.9. The highest BCUT2D eigenvalue weighted by Crippen LogP contribution is 2.23. The molecule has 0 aromatic carbocycles. The van der Waals surface area contributed by atoms with E-state index in [-0.39, 0.29) is 0 Å². The van der Waals surface area contributed by atoms with E-state index in [9.17, 15) is 0 Å². The molecule has 0 fully saturated rings. The van der Waals surface area contributed by atoms with E-state index in [1.807, 2.05) is 0 Å². The third-order valence-corrected chi connectivity index (χ3v) is 2.13. The van der Waals surface area contributed by atoms with E-state index in [1.54, 1.807) is 0 Å². The van der Waals surface area contributed by atoms with Gasteiger partial charge in [0.1, 0.15) is 0 Å². The largest absolute Gasteiger partial charge is 0.327 e. The molecule has 0 unspecified atom stereocenters. The molecule has 0 aliphatic carbocycles. The van der Waals surface area contributed by atoms with Gasteiger partial charge in [0.2, 0.25) is 0 Å². The van der Waals surface area contributed by atoms with Crippen LogP contribution in [0, 0.1) is 0 Å². The Bertz CT molecular complexity index is 126. The van der Waals surface area contributed by atoms with Crippen molar-refractivity contribution in [3.63, 3.8) is 0 Å². The van der Waals surface area contributed by atoms with Gasteiger partial charge in [-0.3, -0.25) is 0 Å². The maximum Gasteiger partial charge on any atom is 0.282 e. The highest BCUT2D eigenvalue weighted by Gasteiger charge is 2.31. The second-order valence-electron chi connectivity index (χ2n) is 3.98. The van der Waals surface area contributed by atoms with Crippen LogP contribution in [0.4, 0.5) is 0 Å². The van der Waals surface area contributed by atoms with E-state index in [0.717, 1.165) is 32.1 Å². The molecule has 0 aromatic heterocycles. The highest BCUT2D eigenvalue weighted by molar-refractivity contribution is 4.58. The predicted molar refractivity (Wildman–Crippen MR) is 66.4 cm³/mol. The number of hydrogen-bond donors (Lipinski definition) is 0. The number of hydrogen-bond acceptors (Lipinski definition) is 3. The summed E-state index contributed by atoms with van der Waals surface area (Å²) in [7, 11) is 0. The van der Waals surface area contributed by atoms with Crippen LogP contribution in [-0.2, 0) is 14.2 Å². The van der Waals surface area contributed by atoms with Crippen molar-refractivity contribution in [2.45, 2.75) is 65.8 Å². The Morgan fingerprint density at radius 3 is 1.25 bits per heavy atom. The minimum absolute atomic E-state index is 0.688. The van der Waals surface area contributed by atoms with Crippen molar-refractivity contribution in [1.29, 1.82) is 0 Å². The van der Waals surface area contributed by atoms with Gasteiger partial charge in [-0.1, -0.05) is 27.7 Å². The van der Waals surface area contributed by atoms with Gasteiger partial charge in [-0.05, 0) is 25.7 Å². The van der Waals surface area contributed by atoms with Gasteiger partial charge in [0.15, 0.2) is 0 Å². The molecule has 0 saturated heterocycles. The second kappa shape index (κ2) is 10.1. The van der Waals surface area contributed by atoms with Crippen LogP contribution in [0.25, 0.3) is 0 Å². The first-order valence-electron chi connectivity index (χ1n) is 6.66. The van der Waals surface area contributed by atoms with Crippen LogP contribution in [0.3, 0.4) is 0 Å². The van der Waals surface area contributed by atoms with Crippen molar-refractivity contribution in [3.8, 4) is 0 Å². The van der Waals surface area contributed by atoms with Gasteiger partial charge < -0.3 is 14.2 Å². The first kappa shape index (κ1) is 15.9. The summed E-state index contributed by atoms with van der Waals surface area (Å²) in [6.45, 7) is 10.5. The van der Waals surface area contributed by atoms with E-state index in [0.29, 0.717) is 19.8 Å². The molecule has 98 valence electrons. The Kier molecular flexibility index (Phi) is 9.99. The lowest BCUT2D eigenvalue weighted by atomic mass is 10.3. The van der Waals surface area contributed by atoms with E-state index >= 15 is 0 Å². The van der Waals surface area contributed by atoms with Crippen LogP contribution >= 0.6 is 0 Å². The third kappa shape index (κ3) is 6.46. The average Bonchev–Trinajstić information content (AvgIpc) is 2.31. The van der Waals surface area contributed by atoms with Crippen LogP contribution in [0.2, 0.25) is 0 Å². The smallest absolute Gasteiger partial charge is 0.282 e. The summed E-state index contributed by atoms with van der Waals surface area (Å²) in [5, 5.41) is 0. The Hall–Kier alpha value is -0.120. The molecule has 3 heteroatoms. The minimum Gasteiger partial charge on any atom is -0.327 e. The Morgan fingerprint density at radius 2 is 1.00 bits per heavy atom. The molecule has 0 bridgehead atoms. The molecule has 0 saturated carbocycles. The van der Waals surface area contributed by atoms with E-state index < -0.39 is 5.97 Å². The lowest BCUT2D eigenvalue weighted by Gasteiger charge is -2.33. The molecular formula is C13H28O3. The molecule has 0 rings (SSSR count). The van der Waals surface area contributed by atoms with E-state index in [4.69, 9.17) is 14.2 Å². The van der Waals surface area contributed by atoms with Crippen molar-refractivity contribution < 1.29 is 14.2 Å². The minimum atomic E-state index is -0.795. The summed E-state index contributed by atoms with van der Waals surface area (Å²) in [6, 6.07) is 0. The first-order valence-corrected chi connectivity index (χ1v) is 6.66.